The predicted octanol–water partition coefficient (Wildman–Crippen LogP) is 4.42. The number of anilines is 2. The summed E-state index contributed by atoms with van der Waals surface area (Å²) in [5.41, 5.74) is 21.8. The van der Waals surface area contributed by atoms with E-state index in [0.29, 0.717) is 50.4 Å². The maximum atomic E-state index is 9.03. The number of nitrogens with zero attached hydrogens (tertiary/aromatic N) is 3. The molecule has 0 aliphatic heterocycles. The molecule has 0 aliphatic rings. The standard InChI is InChI=1S/C35H25N9O2/c36-32(43-45)22-9-3-20(4-10-22)7-13-25-19-41-34(38)28-16-14-24(18-29(25)28)30-27(26-2-1-17-40-31(26)35(39)42-30)15-8-21-5-11-23(12-6-21)33(37)44-46/h1-6,9-12,14,16-19,45-46H,(H2,36,43)(H2,37,44)(H2,38,41)(H2,39,42). The maximum absolute atomic E-state index is 9.03. The van der Waals surface area contributed by atoms with Crippen LogP contribution in [0.15, 0.2) is 91.3 Å². The van der Waals surface area contributed by atoms with Gasteiger partial charge < -0.3 is 11.5 Å². The number of pyridine rings is 3. The highest BCUT2D eigenvalue weighted by Gasteiger charge is 2.16. The summed E-state index contributed by atoms with van der Waals surface area (Å²) in [5, 5.41) is 35.7. The molecule has 0 bridgehead atoms. The van der Waals surface area contributed by atoms with Gasteiger partial charge in [-0.15, -0.1) is 0 Å². The zero-order valence-corrected chi connectivity index (χ0v) is 24.1. The number of hydroxylamine groups is 2. The van der Waals surface area contributed by atoms with Gasteiger partial charge in [-0.2, -0.15) is 0 Å². The highest BCUT2D eigenvalue weighted by Crippen LogP contribution is 2.33. The third-order valence-corrected chi connectivity index (χ3v) is 7.22. The molecule has 6 aromatic rings. The van der Waals surface area contributed by atoms with E-state index in [1.54, 1.807) is 60.9 Å². The SMILES string of the molecule is N=C(NO)c1ccc(C#Cc2cnc(N)c3ccc(-c4nc(N)c5ncccc5c4C#Cc4ccc(C(=N)NO)cc4)cc23)cc1. The van der Waals surface area contributed by atoms with E-state index in [2.05, 4.69) is 33.6 Å². The molecule has 0 radical (unpaired) electrons. The zero-order valence-electron chi connectivity index (χ0n) is 24.1. The average Bonchev–Trinajstić information content (AvgIpc) is 3.10. The van der Waals surface area contributed by atoms with Gasteiger partial charge in [0.1, 0.15) is 23.0 Å². The van der Waals surface area contributed by atoms with Gasteiger partial charge in [-0.05, 0) is 72.8 Å². The summed E-state index contributed by atoms with van der Waals surface area (Å²) < 4.78 is 0. The number of fused-ring (bicyclic) bond motifs is 2. The highest BCUT2D eigenvalue weighted by molar-refractivity contribution is 6.01. The first kappa shape index (κ1) is 29.3. The maximum Gasteiger partial charge on any atom is 0.150 e. The van der Waals surface area contributed by atoms with Crippen molar-refractivity contribution in [3.8, 4) is 34.9 Å². The zero-order chi connectivity index (χ0) is 32.2. The monoisotopic (exact) mass is 603 g/mol. The summed E-state index contributed by atoms with van der Waals surface area (Å²) in [4.78, 5) is 13.5. The number of hydrogen-bond donors (Lipinski definition) is 8. The minimum Gasteiger partial charge on any atom is -0.383 e. The quantitative estimate of drug-likeness (QED) is 0.0623. The smallest absolute Gasteiger partial charge is 0.150 e. The van der Waals surface area contributed by atoms with Crippen LogP contribution in [0.2, 0.25) is 0 Å². The van der Waals surface area contributed by atoms with Crippen molar-refractivity contribution in [3.05, 3.63) is 125 Å². The Labute approximate surface area is 262 Å². The molecule has 0 amide bonds. The number of nitrogen functional groups attached to an aromatic ring is 2. The van der Waals surface area contributed by atoms with Crippen LogP contribution in [0.1, 0.15) is 33.4 Å². The Morgan fingerprint density at radius 2 is 1.30 bits per heavy atom. The molecule has 3 aromatic heterocycles. The van der Waals surface area contributed by atoms with Crippen LogP contribution < -0.4 is 22.4 Å². The Balaban J connectivity index is 1.47. The highest BCUT2D eigenvalue weighted by atomic mass is 16.5. The fourth-order valence-electron chi connectivity index (χ4n) is 4.86. The van der Waals surface area contributed by atoms with Gasteiger partial charge in [0.05, 0.1) is 16.8 Å². The second kappa shape index (κ2) is 12.4. The van der Waals surface area contributed by atoms with E-state index < -0.39 is 0 Å². The van der Waals surface area contributed by atoms with Gasteiger partial charge in [0, 0.05) is 56.4 Å². The number of hydrogen-bond acceptors (Lipinski definition) is 9. The van der Waals surface area contributed by atoms with Crippen LogP contribution in [0, 0.1) is 34.5 Å². The second-order valence-electron chi connectivity index (χ2n) is 10.1. The summed E-state index contributed by atoms with van der Waals surface area (Å²) in [5.74, 6) is 13.2. The fraction of sp³-hybridized carbons (Fsp3) is 0. The Kier molecular flexibility index (Phi) is 7.92. The molecule has 11 nitrogen and oxygen atoms in total. The minimum atomic E-state index is -0.118. The third kappa shape index (κ3) is 5.74. The number of aromatic nitrogens is 3. The van der Waals surface area contributed by atoms with E-state index in [1.165, 1.54) is 0 Å². The Bertz CT molecular complexity index is 2290. The first-order valence-electron chi connectivity index (χ1n) is 13.8. The largest absolute Gasteiger partial charge is 0.383 e. The Morgan fingerprint density at radius 1 is 0.674 bits per heavy atom. The molecular formula is C35H25N9O2. The molecule has 0 fully saturated rings. The van der Waals surface area contributed by atoms with Crippen molar-refractivity contribution >= 4 is 45.0 Å². The molecule has 3 heterocycles. The molecule has 0 spiro atoms. The molecule has 46 heavy (non-hydrogen) atoms. The van der Waals surface area contributed by atoms with E-state index >= 15 is 0 Å². The van der Waals surface area contributed by atoms with Gasteiger partial charge in [-0.25, -0.2) is 9.97 Å². The van der Waals surface area contributed by atoms with Gasteiger partial charge in [0.25, 0.3) is 0 Å². The summed E-state index contributed by atoms with van der Waals surface area (Å²) in [6.07, 6.45) is 3.27. The number of nitrogens with two attached hydrogens (primary N) is 2. The Morgan fingerprint density at radius 3 is 1.93 bits per heavy atom. The molecule has 0 aliphatic carbocycles. The van der Waals surface area contributed by atoms with E-state index in [9.17, 15) is 0 Å². The molecule has 3 aromatic carbocycles. The van der Waals surface area contributed by atoms with Crippen molar-refractivity contribution in [3.63, 3.8) is 0 Å². The van der Waals surface area contributed by atoms with Crippen molar-refractivity contribution in [1.29, 1.82) is 10.8 Å². The van der Waals surface area contributed by atoms with Crippen LogP contribution in [0.25, 0.3) is 32.9 Å². The lowest BCUT2D eigenvalue weighted by atomic mass is 9.97. The molecule has 0 atom stereocenters. The molecule has 11 heteroatoms. The number of amidine groups is 2. The summed E-state index contributed by atoms with van der Waals surface area (Å²) in [6, 6.07) is 23.2. The lowest BCUT2D eigenvalue weighted by Gasteiger charge is -2.12. The summed E-state index contributed by atoms with van der Waals surface area (Å²) in [7, 11) is 0. The van der Waals surface area contributed by atoms with Crippen LogP contribution in [-0.4, -0.2) is 37.0 Å². The minimum absolute atomic E-state index is 0.113. The number of benzene rings is 3. The third-order valence-electron chi connectivity index (χ3n) is 7.22. The van der Waals surface area contributed by atoms with E-state index in [-0.39, 0.29) is 17.5 Å². The van der Waals surface area contributed by atoms with E-state index in [1.807, 2.05) is 41.3 Å². The van der Waals surface area contributed by atoms with Crippen molar-refractivity contribution < 1.29 is 10.4 Å². The molecule has 6 rings (SSSR count). The summed E-state index contributed by atoms with van der Waals surface area (Å²) in [6.45, 7) is 0. The van der Waals surface area contributed by atoms with Crippen molar-refractivity contribution in [2.45, 2.75) is 0 Å². The van der Waals surface area contributed by atoms with Crippen molar-refractivity contribution in [2.75, 3.05) is 11.5 Å². The second-order valence-corrected chi connectivity index (χ2v) is 10.1. The van der Waals surface area contributed by atoms with Gasteiger partial charge in [0.15, 0.2) is 5.82 Å². The first-order chi connectivity index (χ1) is 22.4. The van der Waals surface area contributed by atoms with Crippen molar-refractivity contribution in [2.24, 2.45) is 0 Å². The van der Waals surface area contributed by atoms with Crippen LogP contribution in [0.4, 0.5) is 11.6 Å². The number of rotatable bonds is 3. The Hall–Kier alpha value is -6.79. The molecule has 10 N–H and O–H groups in total. The molecule has 0 saturated heterocycles. The van der Waals surface area contributed by atoms with Crippen LogP contribution >= 0.6 is 0 Å². The molecule has 222 valence electrons. The normalized spacial score (nSPS) is 10.4. The van der Waals surface area contributed by atoms with Gasteiger partial charge in [0.2, 0.25) is 0 Å². The fourth-order valence-corrected chi connectivity index (χ4v) is 4.86. The molecular weight excluding hydrogens is 578 g/mol. The number of nitrogens with one attached hydrogen (secondary N) is 4. The van der Waals surface area contributed by atoms with Gasteiger partial charge in [-0.3, -0.25) is 37.2 Å². The van der Waals surface area contributed by atoms with Gasteiger partial charge >= 0.3 is 0 Å². The first-order valence-corrected chi connectivity index (χ1v) is 13.8. The van der Waals surface area contributed by atoms with Crippen LogP contribution in [-0.2, 0) is 0 Å². The topological polar surface area (TPSA) is 203 Å². The molecule has 0 saturated carbocycles. The van der Waals surface area contributed by atoms with E-state index in [4.69, 9.17) is 37.7 Å². The van der Waals surface area contributed by atoms with Crippen LogP contribution in [0.5, 0.6) is 0 Å². The van der Waals surface area contributed by atoms with Crippen LogP contribution in [0.3, 0.4) is 0 Å². The lowest BCUT2D eigenvalue weighted by Crippen LogP contribution is -2.18. The van der Waals surface area contributed by atoms with Gasteiger partial charge in [-0.1, -0.05) is 29.7 Å². The molecule has 0 unspecified atom stereocenters. The van der Waals surface area contributed by atoms with E-state index in [0.717, 1.165) is 21.7 Å². The average molecular weight is 604 g/mol. The van der Waals surface area contributed by atoms with Crippen molar-refractivity contribution in [1.82, 2.24) is 25.9 Å². The predicted molar refractivity (Wildman–Crippen MR) is 177 cm³/mol. The summed E-state index contributed by atoms with van der Waals surface area (Å²) >= 11 is 0. The lowest BCUT2D eigenvalue weighted by molar-refractivity contribution is 0.234.